The Morgan fingerprint density at radius 1 is 1.17 bits per heavy atom. The van der Waals surface area contributed by atoms with E-state index in [0.717, 1.165) is 11.1 Å². The zero-order chi connectivity index (χ0) is 21.3. The van der Waals surface area contributed by atoms with Gasteiger partial charge in [0, 0.05) is 7.05 Å². The molecule has 0 saturated heterocycles. The van der Waals surface area contributed by atoms with E-state index in [1.165, 1.54) is 42.1 Å². The van der Waals surface area contributed by atoms with Gasteiger partial charge in [0.05, 0.1) is 12.8 Å². The first-order chi connectivity index (χ1) is 14.4. The highest BCUT2D eigenvalue weighted by atomic mass is 19.1. The monoisotopic (exact) mass is 408 g/mol. The standard InChI is InChI=1S/C20H17FN6O3/c1-26-17-16(18(29)24-20(26)30)27(11-13-2-6-14(21)7-3-13)19(23-17)25-22-10-12-4-8-15(28)9-5-12/h2-10,28H,11H2,1H3,(H,23,25)(H,24,29,30). The van der Waals surface area contributed by atoms with Crippen molar-refractivity contribution in [3.05, 3.63) is 86.3 Å². The van der Waals surface area contributed by atoms with Crippen molar-refractivity contribution in [2.45, 2.75) is 6.54 Å². The average molecular weight is 408 g/mol. The number of H-pyrrole nitrogens is 1. The highest BCUT2D eigenvalue weighted by Crippen LogP contribution is 2.18. The second-order valence-electron chi connectivity index (χ2n) is 6.60. The second kappa shape index (κ2) is 7.66. The van der Waals surface area contributed by atoms with Crippen molar-refractivity contribution in [3.63, 3.8) is 0 Å². The molecule has 0 saturated carbocycles. The number of hydrogen-bond acceptors (Lipinski definition) is 6. The predicted octanol–water partition coefficient (Wildman–Crippen LogP) is 1.76. The largest absolute Gasteiger partial charge is 0.508 e. The van der Waals surface area contributed by atoms with Crippen molar-refractivity contribution in [3.8, 4) is 5.75 Å². The van der Waals surface area contributed by atoms with Gasteiger partial charge >= 0.3 is 5.69 Å². The SMILES string of the molecule is Cn1c(=O)[nH]c(=O)c2c1nc(NN=Cc1ccc(O)cc1)n2Cc1ccc(F)cc1. The summed E-state index contributed by atoms with van der Waals surface area (Å²) < 4.78 is 16.0. The molecule has 4 aromatic rings. The van der Waals surface area contributed by atoms with Crippen LogP contribution in [0.25, 0.3) is 11.2 Å². The van der Waals surface area contributed by atoms with E-state index in [1.807, 2.05) is 0 Å². The van der Waals surface area contributed by atoms with Crippen LogP contribution in [0.3, 0.4) is 0 Å². The summed E-state index contributed by atoms with van der Waals surface area (Å²) in [4.78, 5) is 31.0. The van der Waals surface area contributed by atoms with Crippen LogP contribution in [0.2, 0.25) is 0 Å². The van der Waals surface area contributed by atoms with Crippen molar-refractivity contribution in [1.29, 1.82) is 0 Å². The molecule has 10 heteroatoms. The molecule has 0 spiro atoms. The molecule has 2 aromatic carbocycles. The van der Waals surface area contributed by atoms with Crippen molar-refractivity contribution < 1.29 is 9.50 Å². The Morgan fingerprint density at radius 2 is 1.87 bits per heavy atom. The van der Waals surface area contributed by atoms with Crippen molar-refractivity contribution in [2.24, 2.45) is 12.1 Å². The summed E-state index contributed by atoms with van der Waals surface area (Å²) in [6.07, 6.45) is 1.52. The Morgan fingerprint density at radius 3 is 2.57 bits per heavy atom. The topological polar surface area (TPSA) is 117 Å². The van der Waals surface area contributed by atoms with Crippen LogP contribution in [0.5, 0.6) is 5.75 Å². The van der Waals surface area contributed by atoms with Gasteiger partial charge in [0.25, 0.3) is 5.56 Å². The van der Waals surface area contributed by atoms with Crippen molar-refractivity contribution in [2.75, 3.05) is 5.43 Å². The molecule has 3 N–H and O–H groups in total. The van der Waals surface area contributed by atoms with Crippen LogP contribution >= 0.6 is 0 Å². The lowest BCUT2D eigenvalue weighted by Crippen LogP contribution is -2.29. The molecule has 2 heterocycles. The highest BCUT2D eigenvalue weighted by Gasteiger charge is 2.17. The number of phenols is 1. The first-order valence-electron chi connectivity index (χ1n) is 8.94. The van der Waals surface area contributed by atoms with E-state index in [2.05, 4.69) is 20.5 Å². The van der Waals surface area contributed by atoms with E-state index in [-0.39, 0.29) is 35.2 Å². The molecule has 4 rings (SSSR count). The molecular weight excluding hydrogens is 391 g/mol. The van der Waals surface area contributed by atoms with Crippen LogP contribution in [-0.4, -0.2) is 30.4 Å². The van der Waals surface area contributed by atoms with Gasteiger partial charge in [-0.2, -0.15) is 10.1 Å². The molecule has 30 heavy (non-hydrogen) atoms. The molecule has 0 amide bonds. The Balaban J connectivity index is 1.77. The summed E-state index contributed by atoms with van der Waals surface area (Å²) in [5, 5.41) is 13.5. The fraction of sp³-hybridized carbons (Fsp3) is 0.100. The molecule has 152 valence electrons. The molecular formula is C20H17FN6O3. The number of benzene rings is 2. The van der Waals surface area contributed by atoms with E-state index in [4.69, 9.17) is 0 Å². The molecule has 0 radical (unpaired) electrons. The summed E-state index contributed by atoms with van der Waals surface area (Å²) >= 11 is 0. The third kappa shape index (κ3) is 3.70. The number of aromatic hydroxyl groups is 1. The number of hydrazone groups is 1. The number of fused-ring (bicyclic) bond motifs is 1. The molecule has 0 unspecified atom stereocenters. The van der Waals surface area contributed by atoms with Gasteiger partial charge in [0.2, 0.25) is 5.95 Å². The van der Waals surface area contributed by atoms with Crippen molar-refractivity contribution in [1.82, 2.24) is 19.1 Å². The minimum atomic E-state index is -0.585. The maximum atomic E-state index is 13.3. The lowest BCUT2D eigenvalue weighted by molar-refractivity contribution is 0.475. The van der Waals surface area contributed by atoms with Crippen LogP contribution in [0.1, 0.15) is 11.1 Å². The normalized spacial score (nSPS) is 11.4. The van der Waals surface area contributed by atoms with Gasteiger partial charge in [-0.3, -0.25) is 18.9 Å². The van der Waals surface area contributed by atoms with E-state index in [9.17, 15) is 19.1 Å². The van der Waals surface area contributed by atoms with E-state index in [1.54, 1.807) is 28.8 Å². The van der Waals surface area contributed by atoms with Gasteiger partial charge in [-0.05, 0) is 47.5 Å². The predicted molar refractivity (Wildman–Crippen MR) is 110 cm³/mol. The molecule has 0 fully saturated rings. The smallest absolute Gasteiger partial charge is 0.329 e. The summed E-state index contributed by atoms with van der Waals surface area (Å²) in [6, 6.07) is 12.3. The molecule has 9 nitrogen and oxygen atoms in total. The second-order valence-corrected chi connectivity index (χ2v) is 6.60. The number of aromatic amines is 1. The molecule has 2 aromatic heterocycles. The minimum absolute atomic E-state index is 0.140. The number of halogens is 1. The lowest BCUT2D eigenvalue weighted by Gasteiger charge is -2.08. The van der Waals surface area contributed by atoms with Gasteiger partial charge in [0.1, 0.15) is 11.6 Å². The first kappa shape index (κ1) is 19.1. The third-order valence-corrected chi connectivity index (χ3v) is 4.53. The summed E-state index contributed by atoms with van der Waals surface area (Å²) in [7, 11) is 1.50. The van der Waals surface area contributed by atoms with Gasteiger partial charge in [0.15, 0.2) is 11.2 Å². The van der Waals surface area contributed by atoms with Crippen LogP contribution in [0, 0.1) is 5.82 Å². The summed E-state index contributed by atoms with van der Waals surface area (Å²) in [5.74, 6) is 0.00345. The maximum absolute atomic E-state index is 13.3. The van der Waals surface area contributed by atoms with E-state index in [0.29, 0.717) is 0 Å². The molecule has 0 bridgehead atoms. The zero-order valence-corrected chi connectivity index (χ0v) is 15.8. The highest BCUT2D eigenvalue weighted by molar-refractivity contribution is 5.80. The molecule has 0 aliphatic heterocycles. The number of rotatable bonds is 5. The van der Waals surface area contributed by atoms with Gasteiger partial charge in [-0.1, -0.05) is 12.1 Å². The van der Waals surface area contributed by atoms with Gasteiger partial charge in [-0.25, -0.2) is 14.6 Å². The van der Waals surface area contributed by atoms with E-state index >= 15 is 0 Å². The van der Waals surface area contributed by atoms with Crippen LogP contribution < -0.4 is 16.7 Å². The number of phenolic OH excluding ortho intramolecular Hbond substituents is 1. The maximum Gasteiger partial charge on any atom is 0.329 e. The Labute approximate surface area is 168 Å². The number of imidazole rings is 1. The Bertz CT molecular complexity index is 1350. The number of aromatic nitrogens is 4. The van der Waals surface area contributed by atoms with Crippen LogP contribution in [0.4, 0.5) is 10.3 Å². The Hall–Kier alpha value is -4.21. The minimum Gasteiger partial charge on any atom is -0.508 e. The number of aryl methyl sites for hydroxylation is 1. The number of hydrogen-bond donors (Lipinski definition) is 3. The molecule has 0 atom stereocenters. The van der Waals surface area contributed by atoms with Crippen LogP contribution in [-0.2, 0) is 13.6 Å². The summed E-state index contributed by atoms with van der Waals surface area (Å²) in [6.45, 7) is 0.203. The quantitative estimate of drug-likeness (QED) is 0.344. The van der Waals surface area contributed by atoms with E-state index < -0.39 is 11.2 Å². The molecule has 0 aliphatic rings. The number of nitrogens with one attached hydrogen (secondary N) is 2. The lowest BCUT2D eigenvalue weighted by atomic mass is 10.2. The molecule has 0 aliphatic carbocycles. The summed E-state index contributed by atoms with van der Waals surface area (Å²) in [5.41, 5.74) is 3.45. The number of anilines is 1. The fourth-order valence-electron chi connectivity index (χ4n) is 2.97. The Kier molecular flexibility index (Phi) is 4.88. The van der Waals surface area contributed by atoms with Gasteiger partial charge < -0.3 is 5.11 Å². The van der Waals surface area contributed by atoms with Gasteiger partial charge in [-0.15, -0.1) is 0 Å². The zero-order valence-electron chi connectivity index (χ0n) is 15.8. The van der Waals surface area contributed by atoms with Crippen molar-refractivity contribution >= 4 is 23.3 Å². The average Bonchev–Trinajstić information content (AvgIpc) is 3.08. The number of nitrogens with zero attached hydrogens (tertiary/aromatic N) is 4. The first-order valence-corrected chi connectivity index (χ1v) is 8.94. The fourth-order valence-corrected chi connectivity index (χ4v) is 2.97. The third-order valence-electron chi connectivity index (χ3n) is 4.53. The van der Waals surface area contributed by atoms with Crippen LogP contribution in [0.15, 0.2) is 63.2 Å².